The zero-order valence-corrected chi connectivity index (χ0v) is 20.6. The first kappa shape index (κ1) is 29.0. The molecule has 0 saturated carbocycles. The maximum absolute atomic E-state index is 8.63. The number of benzene rings is 2. The smallest absolute Gasteiger partial charge is 0.115 e. The third-order valence-corrected chi connectivity index (χ3v) is 5.46. The highest BCUT2D eigenvalue weighted by atomic mass is 16.3. The van der Waals surface area contributed by atoms with Crippen molar-refractivity contribution >= 4 is 0 Å². The molecule has 0 bridgehead atoms. The van der Waals surface area contributed by atoms with E-state index in [9.17, 15) is 0 Å². The van der Waals surface area contributed by atoms with Crippen LogP contribution in [-0.4, -0.2) is 40.9 Å². The normalized spacial score (nSPS) is 10.5. The Morgan fingerprint density at radius 3 is 0.903 bits per heavy atom. The fourth-order valence-corrected chi connectivity index (χ4v) is 3.50. The molecule has 0 aliphatic carbocycles. The van der Waals surface area contributed by atoms with Gasteiger partial charge in [0.2, 0.25) is 0 Å². The Hall–Kier alpha value is -2.00. The number of hydrogen-bond donors (Lipinski definition) is 2. The molecule has 3 nitrogen and oxygen atoms in total. The molecule has 176 valence electrons. The van der Waals surface area contributed by atoms with Crippen molar-refractivity contribution in [2.75, 3.05) is 26.2 Å². The number of rotatable bonds is 12. The third-order valence-electron chi connectivity index (χ3n) is 5.46. The summed E-state index contributed by atoms with van der Waals surface area (Å²) in [5.41, 5.74) is 0. The zero-order valence-electron chi connectivity index (χ0n) is 20.6. The first-order valence-corrected chi connectivity index (χ1v) is 12.4. The van der Waals surface area contributed by atoms with Crippen LogP contribution in [0.3, 0.4) is 0 Å². The van der Waals surface area contributed by atoms with E-state index in [2.05, 4.69) is 27.7 Å². The van der Waals surface area contributed by atoms with E-state index in [0.717, 1.165) is 0 Å². The first-order valence-electron chi connectivity index (χ1n) is 12.4. The van der Waals surface area contributed by atoms with Crippen LogP contribution in [0.1, 0.15) is 79.1 Å². The Morgan fingerprint density at radius 1 is 0.484 bits per heavy atom. The Kier molecular flexibility index (Phi) is 18.6. The number of phenols is 2. The lowest BCUT2D eigenvalue weighted by atomic mass is 10.1. The summed E-state index contributed by atoms with van der Waals surface area (Å²) in [6.45, 7) is 15.0. The molecule has 0 atom stereocenters. The van der Waals surface area contributed by atoms with E-state index in [0.29, 0.717) is 11.5 Å². The van der Waals surface area contributed by atoms with Crippen molar-refractivity contribution in [2.45, 2.75) is 79.1 Å². The summed E-state index contributed by atoms with van der Waals surface area (Å²) < 4.78 is 1.42. The second-order valence-corrected chi connectivity index (χ2v) is 8.32. The Balaban J connectivity index is 0.000000518. The highest BCUT2D eigenvalue weighted by Gasteiger charge is 2.24. The standard InChI is InChI=1S/C16H36N.2C6H6O/c1-5-9-13-17(14-10-6-2,15-11-7-3)16-12-8-4;2*7-6-4-2-1-3-5-6/h5-16H2,1-4H3;2*1-5,7H/q+1;;. The molecule has 0 aliphatic rings. The Morgan fingerprint density at radius 2 is 0.742 bits per heavy atom. The van der Waals surface area contributed by atoms with Crippen LogP contribution in [0.5, 0.6) is 11.5 Å². The van der Waals surface area contributed by atoms with E-state index in [1.807, 2.05) is 12.1 Å². The van der Waals surface area contributed by atoms with Crippen molar-refractivity contribution in [3.63, 3.8) is 0 Å². The lowest BCUT2D eigenvalue weighted by Crippen LogP contribution is -2.50. The molecule has 0 amide bonds. The Bertz CT molecular complexity index is 526. The van der Waals surface area contributed by atoms with Crippen molar-refractivity contribution in [2.24, 2.45) is 0 Å². The van der Waals surface area contributed by atoms with Crippen molar-refractivity contribution in [3.05, 3.63) is 60.7 Å². The van der Waals surface area contributed by atoms with E-state index in [1.165, 1.54) is 82.0 Å². The summed E-state index contributed by atoms with van der Waals surface area (Å²) in [4.78, 5) is 0. The van der Waals surface area contributed by atoms with Gasteiger partial charge in [-0.25, -0.2) is 0 Å². The largest absolute Gasteiger partial charge is 0.508 e. The monoisotopic (exact) mass is 430 g/mol. The molecule has 2 rings (SSSR count). The van der Waals surface area contributed by atoms with Crippen molar-refractivity contribution in [1.82, 2.24) is 0 Å². The number of nitrogens with zero attached hydrogens (tertiary/aromatic N) is 1. The molecule has 0 aliphatic heterocycles. The van der Waals surface area contributed by atoms with Gasteiger partial charge in [-0.15, -0.1) is 0 Å². The van der Waals surface area contributed by atoms with Crippen molar-refractivity contribution < 1.29 is 14.7 Å². The highest BCUT2D eigenvalue weighted by Crippen LogP contribution is 2.16. The van der Waals surface area contributed by atoms with Gasteiger partial charge < -0.3 is 14.7 Å². The van der Waals surface area contributed by atoms with Gasteiger partial charge in [-0.3, -0.25) is 0 Å². The SMILES string of the molecule is CCCC[N+](CCCC)(CCCC)CCCC.Oc1ccccc1.Oc1ccccc1. The lowest BCUT2D eigenvalue weighted by molar-refractivity contribution is -0.929. The Labute approximate surface area is 192 Å². The van der Waals surface area contributed by atoms with E-state index in [-0.39, 0.29) is 0 Å². The summed E-state index contributed by atoms with van der Waals surface area (Å²) in [5.74, 6) is 0.644. The number of hydrogen-bond acceptors (Lipinski definition) is 2. The average Bonchev–Trinajstić information content (AvgIpc) is 2.80. The van der Waals surface area contributed by atoms with Crippen LogP contribution in [0.4, 0.5) is 0 Å². The van der Waals surface area contributed by atoms with Crippen molar-refractivity contribution in [3.8, 4) is 11.5 Å². The summed E-state index contributed by atoms with van der Waals surface area (Å²) >= 11 is 0. The molecule has 2 aromatic rings. The maximum atomic E-state index is 8.63. The number of quaternary nitrogens is 1. The fourth-order valence-electron chi connectivity index (χ4n) is 3.50. The van der Waals surface area contributed by atoms with Gasteiger partial charge in [-0.05, 0) is 49.9 Å². The van der Waals surface area contributed by atoms with Gasteiger partial charge in [0, 0.05) is 0 Å². The van der Waals surface area contributed by atoms with Crippen LogP contribution < -0.4 is 0 Å². The average molecular weight is 431 g/mol. The molecule has 0 saturated heterocycles. The summed E-state index contributed by atoms with van der Waals surface area (Å²) in [6.07, 6.45) is 11.1. The zero-order chi connectivity index (χ0) is 23.2. The topological polar surface area (TPSA) is 40.5 Å². The number of unbranched alkanes of at least 4 members (excludes halogenated alkanes) is 4. The molecule has 31 heavy (non-hydrogen) atoms. The fraction of sp³-hybridized carbons (Fsp3) is 0.571. The molecule has 0 spiro atoms. The van der Waals surface area contributed by atoms with Gasteiger partial charge in [-0.1, -0.05) is 89.8 Å². The van der Waals surface area contributed by atoms with Crippen LogP contribution >= 0.6 is 0 Å². The van der Waals surface area contributed by atoms with Crippen LogP contribution in [0.25, 0.3) is 0 Å². The van der Waals surface area contributed by atoms with Crippen LogP contribution in [0.2, 0.25) is 0 Å². The van der Waals surface area contributed by atoms with Crippen LogP contribution in [0, 0.1) is 0 Å². The predicted octanol–water partition coefficient (Wildman–Crippen LogP) is 7.79. The molecule has 2 N–H and O–H groups in total. The molecular weight excluding hydrogens is 382 g/mol. The van der Waals surface area contributed by atoms with Crippen molar-refractivity contribution in [1.29, 1.82) is 0 Å². The molecule has 0 aromatic heterocycles. The van der Waals surface area contributed by atoms with Gasteiger partial charge in [0.15, 0.2) is 0 Å². The quantitative estimate of drug-likeness (QED) is 0.337. The van der Waals surface area contributed by atoms with Gasteiger partial charge in [-0.2, -0.15) is 0 Å². The van der Waals surface area contributed by atoms with E-state index < -0.39 is 0 Å². The van der Waals surface area contributed by atoms with Gasteiger partial charge >= 0.3 is 0 Å². The molecule has 0 fully saturated rings. The summed E-state index contributed by atoms with van der Waals surface area (Å²) in [5, 5.41) is 17.3. The number of para-hydroxylation sites is 2. The highest BCUT2D eigenvalue weighted by molar-refractivity contribution is 5.19. The van der Waals surface area contributed by atoms with Gasteiger partial charge in [0.25, 0.3) is 0 Å². The lowest BCUT2D eigenvalue weighted by Gasteiger charge is -2.39. The second kappa shape index (κ2) is 19.9. The molecule has 0 heterocycles. The second-order valence-electron chi connectivity index (χ2n) is 8.32. The number of phenolic OH excluding ortho intramolecular Hbond substituents is 2. The van der Waals surface area contributed by atoms with Gasteiger partial charge in [0.05, 0.1) is 26.2 Å². The molecule has 2 aromatic carbocycles. The van der Waals surface area contributed by atoms with E-state index in [1.54, 1.807) is 48.5 Å². The predicted molar refractivity (Wildman–Crippen MR) is 136 cm³/mol. The summed E-state index contributed by atoms with van der Waals surface area (Å²) in [6, 6.07) is 17.4. The van der Waals surface area contributed by atoms with E-state index in [4.69, 9.17) is 10.2 Å². The van der Waals surface area contributed by atoms with Crippen LogP contribution in [0.15, 0.2) is 60.7 Å². The maximum Gasteiger partial charge on any atom is 0.115 e. The minimum absolute atomic E-state index is 0.322. The molecule has 3 heteroatoms. The summed E-state index contributed by atoms with van der Waals surface area (Å²) in [7, 11) is 0. The molecule has 0 unspecified atom stereocenters. The molecule has 0 radical (unpaired) electrons. The molecular formula is C28H48NO2+. The van der Waals surface area contributed by atoms with E-state index >= 15 is 0 Å². The number of aromatic hydroxyl groups is 2. The minimum atomic E-state index is 0.322. The minimum Gasteiger partial charge on any atom is -0.508 e. The van der Waals surface area contributed by atoms with Crippen LogP contribution in [-0.2, 0) is 0 Å². The van der Waals surface area contributed by atoms with Gasteiger partial charge in [0.1, 0.15) is 11.5 Å². The third kappa shape index (κ3) is 16.4. The first-order chi connectivity index (χ1) is 15.0.